The highest BCUT2D eigenvalue weighted by molar-refractivity contribution is 9.10. The summed E-state index contributed by atoms with van der Waals surface area (Å²) in [4.78, 5) is 38.5. The summed E-state index contributed by atoms with van der Waals surface area (Å²) in [6, 6.07) is 23.3. The number of fused-ring (bicyclic) bond motifs is 1. The zero-order valence-electron chi connectivity index (χ0n) is 21.2. The summed E-state index contributed by atoms with van der Waals surface area (Å²) in [6.45, 7) is 0. The fourth-order valence-corrected chi connectivity index (χ4v) is 6.23. The monoisotopic (exact) mass is 743 g/mol. The topological polar surface area (TPSA) is 96.9 Å². The molecule has 0 aliphatic rings. The quantitative estimate of drug-likeness (QED) is 0.0753. The van der Waals surface area contributed by atoms with Gasteiger partial charge >= 0.3 is 5.97 Å². The lowest BCUT2D eigenvalue weighted by Crippen LogP contribution is -2.18. The van der Waals surface area contributed by atoms with Crippen molar-refractivity contribution < 1.29 is 19.1 Å². The van der Waals surface area contributed by atoms with Crippen LogP contribution in [-0.2, 0) is 0 Å². The van der Waals surface area contributed by atoms with Gasteiger partial charge in [-0.05, 0) is 78.9 Å². The van der Waals surface area contributed by atoms with E-state index in [1.807, 2.05) is 18.2 Å². The molecule has 0 aliphatic carbocycles. The minimum atomic E-state index is -0.567. The number of hydrogen-bond donors (Lipinski definition) is 2. The van der Waals surface area contributed by atoms with E-state index in [4.69, 9.17) is 27.9 Å². The third-order valence-electron chi connectivity index (χ3n) is 5.83. The largest absolute Gasteiger partial charge is 0.422 e. The van der Waals surface area contributed by atoms with Crippen molar-refractivity contribution in [2.75, 3.05) is 5.32 Å². The van der Waals surface area contributed by atoms with E-state index in [0.29, 0.717) is 37.3 Å². The summed E-state index contributed by atoms with van der Waals surface area (Å²) < 4.78 is 8.04. The van der Waals surface area contributed by atoms with Crippen molar-refractivity contribution in [3.8, 4) is 5.75 Å². The third kappa shape index (κ3) is 7.08. The van der Waals surface area contributed by atoms with Crippen LogP contribution in [0.2, 0.25) is 10.0 Å². The number of anilines is 1. The second kappa shape index (κ2) is 13.2. The molecule has 1 heterocycles. The first-order valence-corrected chi connectivity index (χ1v) is 15.2. The Labute approximate surface area is 270 Å². The molecule has 5 rings (SSSR count). The van der Waals surface area contributed by atoms with Crippen LogP contribution in [0, 0.1) is 0 Å². The van der Waals surface area contributed by atoms with E-state index in [9.17, 15) is 14.4 Å². The highest BCUT2D eigenvalue weighted by Gasteiger charge is 2.18. The van der Waals surface area contributed by atoms with Crippen molar-refractivity contribution in [1.29, 1.82) is 0 Å². The standard InChI is InChI=1S/C30H17Br2Cl2N3O4S/c31-19-6-12-24(41-30(40)17-1-7-21(33)8-2-17)18(13-19)15-35-37-28(38)16-3-9-22(10-4-16)36-29(39)27-26(34)23-11-5-20(32)14-25(23)42-27/h1-15H,(H,36,39)(H,37,38)/b35-15-. The Morgan fingerprint density at radius 3 is 2.21 bits per heavy atom. The van der Waals surface area contributed by atoms with Crippen molar-refractivity contribution in [3.63, 3.8) is 0 Å². The summed E-state index contributed by atoms with van der Waals surface area (Å²) >= 11 is 20.4. The molecule has 0 aliphatic heterocycles. The number of halogens is 4. The van der Waals surface area contributed by atoms with Crippen molar-refractivity contribution >= 4 is 106 Å². The molecule has 42 heavy (non-hydrogen) atoms. The number of nitrogens with zero attached hydrogens (tertiary/aromatic N) is 1. The molecule has 0 unspecified atom stereocenters. The molecule has 0 radical (unpaired) electrons. The normalized spacial score (nSPS) is 11.0. The van der Waals surface area contributed by atoms with Crippen LogP contribution >= 0.6 is 66.4 Å². The Hall–Kier alpha value is -3.54. The van der Waals surface area contributed by atoms with Gasteiger partial charge in [0.2, 0.25) is 0 Å². The average molecular weight is 746 g/mol. The Kier molecular flexibility index (Phi) is 9.40. The zero-order valence-corrected chi connectivity index (χ0v) is 26.7. The number of ether oxygens (including phenoxy) is 1. The minimum Gasteiger partial charge on any atom is -0.422 e. The molecule has 0 saturated heterocycles. The molecule has 4 aromatic carbocycles. The number of nitrogens with one attached hydrogen (secondary N) is 2. The lowest BCUT2D eigenvalue weighted by molar-refractivity contribution is 0.0734. The zero-order chi connectivity index (χ0) is 29.8. The van der Waals surface area contributed by atoms with Crippen LogP contribution in [0.25, 0.3) is 10.1 Å². The van der Waals surface area contributed by atoms with E-state index < -0.39 is 11.9 Å². The summed E-state index contributed by atoms with van der Waals surface area (Å²) in [6.07, 6.45) is 1.37. The first-order valence-electron chi connectivity index (χ1n) is 12.1. The van der Waals surface area contributed by atoms with Gasteiger partial charge < -0.3 is 10.1 Å². The van der Waals surface area contributed by atoms with Gasteiger partial charge in [-0.25, -0.2) is 10.2 Å². The molecule has 0 atom stereocenters. The van der Waals surface area contributed by atoms with Crippen LogP contribution in [0.3, 0.4) is 0 Å². The fraction of sp³-hybridized carbons (Fsp3) is 0. The number of esters is 1. The van der Waals surface area contributed by atoms with Gasteiger partial charge in [0.15, 0.2) is 0 Å². The molecule has 2 N–H and O–H groups in total. The van der Waals surface area contributed by atoms with Crippen LogP contribution in [0.4, 0.5) is 5.69 Å². The predicted octanol–water partition coefficient (Wildman–Crippen LogP) is 8.97. The average Bonchev–Trinajstić information content (AvgIpc) is 3.30. The van der Waals surface area contributed by atoms with Gasteiger partial charge in [-0.3, -0.25) is 9.59 Å². The number of carbonyl (C=O) groups excluding carboxylic acids is 3. The molecule has 1 aromatic heterocycles. The summed E-state index contributed by atoms with van der Waals surface area (Å²) in [5.74, 6) is -1.14. The van der Waals surface area contributed by atoms with Gasteiger partial charge in [-0.2, -0.15) is 5.10 Å². The number of hydrazone groups is 1. The second-order valence-electron chi connectivity index (χ2n) is 8.69. The SMILES string of the molecule is O=C(N/N=C\c1cc(Br)ccc1OC(=O)c1ccc(Cl)cc1)c1ccc(NC(=O)c2sc3cc(Br)ccc3c2Cl)cc1. The van der Waals surface area contributed by atoms with Crippen molar-refractivity contribution in [2.24, 2.45) is 5.10 Å². The van der Waals surface area contributed by atoms with E-state index >= 15 is 0 Å². The van der Waals surface area contributed by atoms with Crippen molar-refractivity contribution in [3.05, 3.63) is 125 Å². The van der Waals surface area contributed by atoms with E-state index in [2.05, 4.69) is 47.7 Å². The molecule has 0 fully saturated rings. The lowest BCUT2D eigenvalue weighted by atomic mass is 10.2. The second-order valence-corrected chi connectivity index (χ2v) is 12.4. The van der Waals surface area contributed by atoms with Gasteiger partial charge in [-0.1, -0.05) is 61.1 Å². The van der Waals surface area contributed by atoms with Crippen LogP contribution in [0.15, 0.2) is 99.0 Å². The van der Waals surface area contributed by atoms with Crippen LogP contribution in [0.5, 0.6) is 5.75 Å². The predicted molar refractivity (Wildman–Crippen MR) is 175 cm³/mol. The number of carbonyl (C=O) groups is 3. The highest BCUT2D eigenvalue weighted by Crippen LogP contribution is 2.37. The van der Waals surface area contributed by atoms with Crippen LogP contribution in [-0.4, -0.2) is 24.0 Å². The maximum absolute atomic E-state index is 12.9. The molecule has 0 saturated carbocycles. The number of rotatable bonds is 7. The first kappa shape index (κ1) is 29.9. The van der Waals surface area contributed by atoms with Crippen LogP contribution in [0.1, 0.15) is 36.0 Å². The lowest BCUT2D eigenvalue weighted by Gasteiger charge is -2.08. The molecule has 2 amide bonds. The Morgan fingerprint density at radius 1 is 0.810 bits per heavy atom. The van der Waals surface area contributed by atoms with Gasteiger partial charge in [0.05, 0.1) is 16.8 Å². The fourth-order valence-electron chi connectivity index (χ4n) is 3.76. The highest BCUT2D eigenvalue weighted by atomic mass is 79.9. The Bertz CT molecular complexity index is 1860. The summed E-state index contributed by atoms with van der Waals surface area (Å²) in [5.41, 5.74) is 4.05. The molecule has 210 valence electrons. The molecule has 7 nitrogen and oxygen atoms in total. The molecule has 12 heteroatoms. The van der Waals surface area contributed by atoms with Gasteiger partial charge in [0, 0.05) is 40.9 Å². The Morgan fingerprint density at radius 2 is 1.48 bits per heavy atom. The van der Waals surface area contributed by atoms with Crippen LogP contribution < -0.4 is 15.5 Å². The van der Waals surface area contributed by atoms with Gasteiger partial charge in [0.1, 0.15) is 10.6 Å². The molecule has 0 bridgehead atoms. The Balaban J connectivity index is 1.22. The summed E-state index contributed by atoms with van der Waals surface area (Å²) in [7, 11) is 0. The van der Waals surface area contributed by atoms with E-state index in [0.717, 1.165) is 19.0 Å². The number of hydrogen-bond acceptors (Lipinski definition) is 6. The summed E-state index contributed by atoms with van der Waals surface area (Å²) in [5, 5.41) is 8.52. The first-order chi connectivity index (χ1) is 20.2. The number of benzene rings is 4. The maximum atomic E-state index is 12.9. The van der Waals surface area contributed by atoms with Gasteiger partial charge in [-0.15, -0.1) is 11.3 Å². The molecular weight excluding hydrogens is 729 g/mol. The van der Waals surface area contributed by atoms with E-state index in [-0.39, 0.29) is 11.7 Å². The van der Waals surface area contributed by atoms with E-state index in [1.54, 1.807) is 66.7 Å². The number of amides is 2. The van der Waals surface area contributed by atoms with Crippen molar-refractivity contribution in [1.82, 2.24) is 5.43 Å². The molecule has 5 aromatic rings. The third-order valence-corrected chi connectivity index (χ3v) is 8.72. The minimum absolute atomic E-state index is 0.252. The molecular formula is C30H17Br2Cl2N3O4S. The van der Waals surface area contributed by atoms with Crippen molar-refractivity contribution in [2.45, 2.75) is 0 Å². The maximum Gasteiger partial charge on any atom is 0.343 e. The smallest absolute Gasteiger partial charge is 0.343 e. The van der Waals surface area contributed by atoms with E-state index in [1.165, 1.54) is 17.6 Å². The molecule has 0 spiro atoms. The van der Waals surface area contributed by atoms with Gasteiger partial charge in [0.25, 0.3) is 11.8 Å². The number of thiophene rings is 1.